The van der Waals surface area contributed by atoms with Gasteiger partial charge in [0.15, 0.2) is 0 Å². The zero-order chi connectivity index (χ0) is 27.8. The lowest BCUT2D eigenvalue weighted by molar-refractivity contribution is -0.133. The van der Waals surface area contributed by atoms with Gasteiger partial charge in [-0.2, -0.15) is 5.10 Å². The van der Waals surface area contributed by atoms with Gasteiger partial charge in [-0.05, 0) is 49.1 Å². The molecule has 0 aromatic heterocycles. The number of carbonyl (C=O) groups excluding carboxylic acids is 2. The molecule has 210 valence electrons. The number of benzene rings is 2. The highest BCUT2D eigenvalue weighted by Gasteiger charge is 2.36. The minimum atomic E-state index is -0.329. The molecule has 2 aliphatic heterocycles. The third-order valence-electron chi connectivity index (χ3n) is 7.43. The Labute approximate surface area is 231 Å². The SMILES string of the molecule is CCCNC(=O)N(CCN1CCOCC1)CC(=O)N1N=C(c2ccc(C)c(C)c2)C[C@H]1c1ccccc1OC. The fraction of sp³-hybridized carbons (Fsp3) is 0.500. The first-order valence-corrected chi connectivity index (χ1v) is 13.8. The predicted molar refractivity (Wildman–Crippen MR) is 152 cm³/mol. The van der Waals surface area contributed by atoms with E-state index in [0.717, 1.165) is 36.3 Å². The first-order chi connectivity index (χ1) is 18.9. The molecule has 3 amide bonds. The number of para-hydroxylation sites is 1. The van der Waals surface area contributed by atoms with Crippen molar-refractivity contribution < 1.29 is 19.1 Å². The summed E-state index contributed by atoms with van der Waals surface area (Å²) in [5.74, 6) is 0.486. The smallest absolute Gasteiger partial charge is 0.317 e. The molecule has 2 aromatic carbocycles. The van der Waals surface area contributed by atoms with Gasteiger partial charge in [-0.1, -0.05) is 37.3 Å². The molecule has 2 aromatic rings. The van der Waals surface area contributed by atoms with Gasteiger partial charge in [-0.25, -0.2) is 9.80 Å². The summed E-state index contributed by atoms with van der Waals surface area (Å²) in [6.07, 6.45) is 1.38. The molecule has 0 saturated carbocycles. The van der Waals surface area contributed by atoms with Crippen molar-refractivity contribution in [2.24, 2.45) is 5.10 Å². The Morgan fingerprint density at radius 3 is 2.62 bits per heavy atom. The Bertz CT molecular complexity index is 1180. The summed E-state index contributed by atoms with van der Waals surface area (Å²) in [7, 11) is 1.64. The molecule has 1 fully saturated rings. The Morgan fingerprint density at radius 2 is 1.90 bits per heavy atom. The Balaban J connectivity index is 1.59. The number of hydrogen-bond donors (Lipinski definition) is 1. The van der Waals surface area contributed by atoms with Crippen LogP contribution in [0.4, 0.5) is 4.79 Å². The summed E-state index contributed by atoms with van der Waals surface area (Å²) < 4.78 is 11.1. The lowest BCUT2D eigenvalue weighted by Crippen LogP contribution is -2.49. The van der Waals surface area contributed by atoms with E-state index in [9.17, 15) is 9.59 Å². The van der Waals surface area contributed by atoms with E-state index < -0.39 is 0 Å². The maximum Gasteiger partial charge on any atom is 0.317 e. The maximum atomic E-state index is 13.9. The Hall–Kier alpha value is -3.43. The van der Waals surface area contributed by atoms with Crippen molar-refractivity contribution in [3.05, 3.63) is 64.7 Å². The van der Waals surface area contributed by atoms with Crippen molar-refractivity contribution in [1.82, 2.24) is 20.1 Å². The van der Waals surface area contributed by atoms with Crippen LogP contribution in [0.1, 0.15) is 48.1 Å². The van der Waals surface area contributed by atoms with E-state index in [1.807, 2.05) is 31.2 Å². The number of methoxy groups -OCH3 is 1. The van der Waals surface area contributed by atoms with Gasteiger partial charge in [0.1, 0.15) is 12.3 Å². The molecule has 0 bridgehead atoms. The normalized spacial score (nSPS) is 17.6. The largest absolute Gasteiger partial charge is 0.496 e. The number of rotatable bonds is 10. The minimum Gasteiger partial charge on any atom is -0.496 e. The summed E-state index contributed by atoms with van der Waals surface area (Å²) >= 11 is 0. The molecule has 2 heterocycles. The topological polar surface area (TPSA) is 86.7 Å². The average molecular weight is 536 g/mol. The zero-order valence-corrected chi connectivity index (χ0v) is 23.6. The molecule has 39 heavy (non-hydrogen) atoms. The Kier molecular flexibility index (Phi) is 9.95. The molecule has 9 heteroatoms. The summed E-state index contributed by atoms with van der Waals surface area (Å²) in [4.78, 5) is 30.8. The number of hydrogen-bond acceptors (Lipinski definition) is 6. The molecule has 0 unspecified atom stereocenters. The van der Waals surface area contributed by atoms with Crippen molar-refractivity contribution in [1.29, 1.82) is 0 Å². The molecule has 0 spiro atoms. The number of nitrogens with one attached hydrogen (secondary N) is 1. The van der Waals surface area contributed by atoms with E-state index in [1.165, 1.54) is 11.1 Å². The second-order valence-corrected chi connectivity index (χ2v) is 10.2. The van der Waals surface area contributed by atoms with Crippen molar-refractivity contribution in [2.45, 2.75) is 39.7 Å². The van der Waals surface area contributed by atoms with Crippen LogP contribution in [0, 0.1) is 13.8 Å². The molecule has 0 radical (unpaired) electrons. The number of carbonyl (C=O) groups is 2. The van der Waals surface area contributed by atoms with Crippen LogP contribution >= 0.6 is 0 Å². The number of hydrazone groups is 1. The number of amides is 3. The number of ether oxygens (including phenoxy) is 2. The van der Waals surface area contributed by atoms with Gasteiger partial charge in [-0.15, -0.1) is 0 Å². The average Bonchev–Trinajstić information content (AvgIpc) is 3.41. The van der Waals surface area contributed by atoms with Crippen LogP contribution in [0.5, 0.6) is 5.75 Å². The third kappa shape index (κ3) is 7.16. The fourth-order valence-electron chi connectivity index (χ4n) is 4.94. The summed E-state index contributed by atoms with van der Waals surface area (Å²) in [6, 6.07) is 13.4. The molecule has 0 aliphatic carbocycles. The minimum absolute atomic E-state index is 0.0603. The standard InChI is InChI=1S/C30H41N5O4/c1-5-12-31-30(37)34(14-13-33-15-17-39-18-16-33)21-29(36)35-27(25-8-6-7-9-28(25)38-4)20-26(32-35)24-11-10-22(2)23(3)19-24/h6-11,19,27H,5,12-18,20-21H2,1-4H3,(H,31,37)/t27-/m0/s1. The molecular formula is C30H41N5O4. The monoisotopic (exact) mass is 535 g/mol. The number of aryl methyl sites for hydroxylation is 2. The summed E-state index contributed by atoms with van der Waals surface area (Å²) in [5.41, 5.74) is 5.12. The van der Waals surface area contributed by atoms with E-state index in [1.54, 1.807) is 17.0 Å². The molecule has 1 atom stereocenters. The molecule has 4 rings (SSSR count). The quantitative estimate of drug-likeness (QED) is 0.501. The van der Waals surface area contributed by atoms with Crippen LogP contribution in [0.3, 0.4) is 0 Å². The zero-order valence-electron chi connectivity index (χ0n) is 23.6. The molecule has 1 N–H and O–H groups in total. The second-order valence-electron chi connectivity index (χ2n) is 10.2. The van der Waals surface area contributed by atoms with E-state index >= 15 is 0 Å². The van der Waals surface area contributed by atoms with E-state index in [-0.39, 0.29) is 24.5 Å². The van der Waals surface area contributed by atoms with Crippen LogP contribution in [0.15, 0.2) is 47.6 Å². The van der Waals surface area contributed by atoms with E-state index in [0.29, 0.717) is 45.0 Å². The number of nitrogens with zero attached hydrogens (tertiary/aromatic N) is 4. The predicted octanol–water partition coefficient (Wildman–Crippen LogP) is 3.74. The highest BCUT2D eigenvalue weighted by molar-refractivity contribution is 6.03. The van der Waals surface area contributed by atoms with Gasteiger partial charge in [0.25, 0.3) is 5.91 Å². The molecular weight excluding hydrogens is 494 g/mol. The maximum absolute atomic E-state index is 13.9. The first kappa shape index (κ1) is 28.6. The van der Waals surface area contributed by atoms with Gasteiger partial charge in [0, 0.05) is 44.7 Å². The fourth-order valence-corrected chi connectivity index (χ4v) is 4.94. The third-order valence-corrected chi connectivity index (χ3v) is 7.43. The highest BCUT2D eigenvalue weighted by Crippen LogP contribution is 2.37. The summed E-state index contributed by atoms with van der Waals surface area (Å²) in [5, 5.41) is 9.34. The van der Waals surface area contributed by atoms with E-state index in [4.69, 9.17) is 14.6 Å². The van der Waals surface area contributed by atoms with Crippen molar-refractivity contribution >= 4 is 17.6 Å². The van der Waals surface area contributed by atoms with Crippen LogP contribution in [0.2, 0.25) is 0 Å². The van der Waals surface area contributed by atoms with Gasteiger partial charge < -0.3 is 19.7 Å². The number of urea groups is 1. The van der Waals surface area contributed by atoms with E-state index in [2.05, 4.69) is 42.3 Å². The lowest BCUT2D eigenvalue weighted by atomic mass is 9.96. The second kappa shape index (κ2) is 13.6. The van der Waals surface area contributed by atoms with Gasteiger partial charge in [0.2, 0.25) is 0 Å². The van der Waals surface area contributed by atoms with Crippen LogP contribution in [-0.4, -0.2) is 92.1 Å². The summed E-state index contributed by atoms with van der Waals surface area (Å²) in [6.45, 7) is 10.8. The van der Waals surface area contributed by atoms with Crippen molar-refractivity contribution in [3.63, 3.8) is 0 Å². The lowest BCUT2D eigenvalue weighted by Gasteiger charge is -2.31. The van der Waals surface area contributed by atoms with Crippen molar-refractivity contribution in [3.8, 4) is 5.75 Å². The van der Waals surface area contributed by atoms with Crippen molar-refractivity contribution in [2.75, 3.05) is 59.6 Å². The van der Waals surface area contributed by atoms with Gasteiger partial charge in [0.05, 0.1) is 32.1 Å². The first-order valence-electron chi connectivity index (χ1n) is 13.8. The van der Waals surface area contributed by atoms with Gasteiger partial charge in [-0.3, -0.25) is 9.69 Å². The highest BCUT2D eigenvalue weighted by atomic mass is 16.5. The van der Waals surface area contributed by atoms with Crippen LogP contribution in [-0.2, 0) is 9.53 Å². The van der Waals surface area contributed by atoms with Gasteiger partial charge >= 0.3 is 6.03 Å². The molecule has 2 aliphatic rings. The van der Waals surface area contributed by atoms with Crippen LogP contribution < -0.4 is 10.1 Å². The van der Waals surface area contributed by atoms with Crippen LogP contribution in [0.25, 0.3) is 0 Å². The molecule has 1 saturated heterocycles. The Morgan fingerprint density at radius 1 is 1.13 bits per heavy atom. The number of morpholine rings is 1. The molecule has 9 nitrogen and oxygen atoms in total.